The summed E-state index contributed by atoms with van der Waals surface area (Å²) in [5.74, 6) is 2.06. The van der Waals surface area contributed by atoms with Gasteiger partial charge in [0.25, 0.3) is 0 Å². The SMILES string of the molecule is CC.CCCc1cc(Cl)ccc1C1COc2ccc(C(C)O)cc2N(CC2CCC2C(/C=C/CCN(C)C(C)=O)OC)C1.O=CNSN1CCC(O)CC1. The summed E-state index contributed by atoms with van der Waals surface area (Å²) in [6, 6.07) is 12.4. The van der Waals surface area contributed by atoms with Gasteiger partial charge in [0.05, 0.1) is 30.6 Å². The molecule has 2 aromatic carbocycles. The molecule has 2 aromatic rings. The van der Waals surface area contributed by atoms with Gasteiger partial charge in [-0.3, -0.25) is 14.3 Å². The number of amides is 2. The van der Waals surface area contributed by atoms with Crippen LogP contribution in [0.1, 0.15) is 102 Å². The first-order valence-electron chi connectivity index (χ1n) is 19.7. The molecule has 5 atom stereocenters. The van der Waals surface area contributed by atoms with Crippen LogP contribution in [0.3, 0.4) is 0 Å². The number of hydrogen-bond acceptors (Lipinski definition) is 9. The molecule has 2 fully saturated rings. The molecule has 1 saturated heterocycles. The van der Waals surface area contributed by atoms with Crippen molar-refractivity contribution in [3.63, 3.8) is 0 Å². The average Bonchev–Trinajstić information content (AvgIpc) is 3.34. The summed E-state index contributed by atoms with van der Waals surface area (Å²) in [7, 11) is 3.63. The number of nitrogens with one attached hydrogen (secondary N) is 1. The van der Waals surface area contributed by atoms with Crippen molar-refractivity contribution in [2.75, 3.05) is 58.4 Å². The van der Waals surface area contributed by atoms with Gasteiger partial charge in [-0.15, -0.1) is 0 Å². The Morgan fingerprint density at radius 1 is 1.17 bits per heavy atom. The van der Waals surface area contributed by atoms with Crippen LogP contribution in [0.25, 0.3) is 0 Å². The van der Waals surface area contributed by atoms with Gasteiger partial charge in [0.15, 0.2) is 0 Å². The van der Waals surface area contributed by atoms with E-state index in [1.807, 2.05) is 50.3 Å². The Bertz CT molecular complexity index is 1460. The maximum Gasteiger partial charge on any atom is 0.219 e. The maximum atomic E-state index is 11.5. The molecule has 302 valence electrons. The van der Waals surface area contributed by atoms with Crippen LogP contribution >= 0.6 is 23.7 Å². The molecule has 2 aliphatic heterocycles. The van der Waals surface area contributed by atoms with Crippen LogP contribution in [0, 0.1) is 11.8 Å². The number of halogens is 1. The van der Waals surface area contributed by atoms with Crippen molar-refractivity contribution >= 4 is 41.7 Å². The number of rotatable bonds is 15. The van der Waals surface area contributed by atoms with Gasteiger partial charge in [0.1, 0.15) is 5.75 Å². The maximum absolute atomic E-state index is 11.5. The number of anilines is 1. The standard InChI is InChI=1S/C34H47ClN2O4.C6H12N2O2S.C2H6/c1-6-9-26-18-29(35)13-15-30(26)28-21-37(32-19-25(23(2)38)12-16-34(32)41-22-28)20-27-11-14-31(27)33(40-5)10-7-8-17-36(4)24(3)39;9-5-7-11-8-3-1-6(10)2-4-8;1-2/h7,10,12-13,15-16,18-19,23,27-28,31,33,38H,6,8-9,11,14,17,20-22H2,1-5H3;5-6,10H,1-4H2,(H,7,9);1-2H3/b10-7+;;. The van der Waals surface area contributed by atoms with Gasteiger partial charge in [0.2, 0.25) is 12.3 Å². The lowest BCUT2D eigenvalue weighted by atomic mass is 9.70. The first-order valence-corrected chi connectivity index (χ1v) is 20.9. The number of ether oxygens (including phenoxy) is 2. The lowest BCUT2D eigenvalue weighted by Crippen LogP contribution is -2.44. The number of aliphatic hydroxyl groups excluding tert-OH is 2. The van der Waals surface area contributed by atoms with Crippen LogP contribution in [0.5, 0.6) is 5.75 Å². The number of aliphatic hydroxyl groups is 2. The smallest absolute Gasteiger partial charge is 0.219 e. The van der Waals surface area contributed by atoms with E-state index in [-0.39, 0.29) is 24.0 Å². The molecule has 3 aliphatic rings. The van der Waals surface area contributed by atoms with Gasteiger partial charge in [-0.2, -0.15) is 0 Å². The molecular weight excluding hydrogens is 724 g/mol. The van der Waals surface area contributed by atoms with Crippen LogP contribution < -0.4 is 14.4 Å². The molecule has 0 aromatic heterocycles. The molecule has 5 unspecified atom stereocenters. The molecule has 2 heterocycles. The van der Waals surface area contributed by atoms with Gasteiger partial charge in [-0.1, -0.05) is 63.1 Å². The largest absolute Gasteiger partial charge is 0.491 e. The van der Waals surface area contributed by atoms with E-state index in [0.717, 1.165) is 93.1 Å². The van der Waals surface area contributed by atoms with E-state index in [4.69, 9.17) is 26.2 Å². The zero-order valence-corrected chi connectivity index (χ0v) is 35.1. The first kappa shape index (κ1) is 45.6. The molecule has 54 heavy (non-hydrogen) atoms. The minimum atomic E-state index is -0.546. The fourth-order valence-electron chi connectivity index (χ4n) is 7.21. The van der Waals surface area contributed by atoms with E-state index in [1.54, 1.807) is 18.9 Å². The fourth-order valence-corrected chi connectivity index (χ4v) is 7.99. The Morgan fingerprint density at radius 3 is 2.52 bits per heavy atom. The Labute approximate surface area is 333 Å². The zero-order chi connectivity index (χ0) is 39.6. The van der Waals surface area contributed by atoms with Crippen LogP contribution in [-0.2, 0) is 20.7 Å². The number of nitrogens with zero attached hydrogens (tertiary/aromatic N) is 3. The third kappa shape index (κ3) is 13.7. The second-order valence-electron chi connectivity index (χ2n) is 14.3. The van der Waals surface area contributed by atoms with Gasteiger partial charge in [0, 0.05) is 76.9 Å². The minimum absolute atomic E-state index is 0.0473. The van der Waals surface area contributed by atoms with E-state index in [1.165, 1.54) is 23.3 Å². The summed E-state index contributed by atoms with van der Waals surface area (Å²) in [5.41, 5.74) is 4.56. The van der Waals surface area contributed by atoms with Crippen LogP contribution in [0.4, 0.5) is 5.69 Å². The quantitative estimate of drug-likeness (QED) is 0.0956. The molecule has 10 nitrogen and oxygen atoms in total. The van der Waals surface area contributed by atoms with Crippen LogP contribution in [0.15, 0.2) is 48.6 Å². The lowest BCUT2D eigenvalue weighted by Gasteiger charge is -2.43. The fraction of sp³-hybridized carbons (Fsp3) is 0.619. The summed E-state index contributed by atoms with van der Waals surface area (Å²) in [6.45, 7) is 14.3. The summed E-state index contributed by atoms with van der Waals surface area (Å²) >= 11 is 7.71. The highest BCUT2D eigenvalue weighted by Gasteiger charge is 2.38. The molecule has 1 saturated carbocycles. The summed E-state index contributed by atoms with van der Waals surface area (Å²) in [4.78, 5) is 25.6. The molecular formula is C42H65ClN4O6S. The van der Waals surface area contributed by atoms with Crippen molar-refractivity contribution in [2.45, 2.75) is 104 Å². The summed E-state index contributed by atoms with van der Waals surface area (Å²) in [5, 5.41) is 20.3. The van der Waals surface area contributed by atoms with Gasteiger partial charge in [-0.25, -0.2) is 4.31 Å². The highest BCUT2D eigenvalue weighted by atomic mass is 35.5. The second kappa shape index (κ2) is 24.0. The number of benzene rings is 2. The molecule has 1 aliphatic carbocycles. The second-order valence-corrected chi connectivity index (χ2v) is 15.6. The zero-order valence-electron chi connectivity index (χ0n) is 33.5. The number of fused-ring (bicyclic) bond motifs is 1. The van der Waals surface area contributed by atoms with E-state index < -0.39 is 6.10 Å². The van der Waals surface area contributed by atoms with Crippen molar-refractivity contribution in [1.82, 2.24) is 13.9 Å². The predicted octanol–water partition coefficient (Wildman–Crippen LogP) is 7.57. The van der Waals surface area contributed by atoms with Gasteiger partial charge in [-0.05, 0) is 98.2 Å². The molecule has 12 heteroatoms. The Hall–Kier alpha value is -2.80. The monoisotopic (exact) mass is 788 g/mol. The van der Waals surface area contributed by atoms with Crippen molar-refractivity contribution in [1.29, 1.82) is 0 Å². The number of aryl methyl sites for hydroxylation is 1. The van der Waals surface area contributed by atoms with Crippen molar-refractivity contribution in [2.24, 2.45) is 11.8 Å². The third-order valence-corrected chi connectivity index (χ3v) is 11.6. The molecule has 0 bridgehead atoms. The topological polar surface area (TPSA) is 115 Å². The minimum Gasteiger partial charge on any atom is -0.491 e. The number of piperidine rings is 1. The number of carbonyl (C=O) groups is 2. The Balaban J connectivity index is 0.000000512. The predicted molar refractivity (Wildman–Crippen MR) is 222 cm³/mol. The number of carbonyl (C=O) groups excluding carboxylic acids is 2. The van der Waals surface area contributed by atoms with E-state index in [9.17, 15) is 14.7 Å². The van der Waals surface area contributed by atoms with Crippen LogP contribution in [-0.4, -0.2) is 97.4 Å². The summed E-state index contributed by atoms with van der Waals surface area (Å²) in [6.07, 6.45) is 11.1. The summed E-state index contributed by atoms with van der Waals surface area (Å²) < 4.78 is 17.0. The Morgan fingerprint density at radius 2 is 1.91 bits per heavy atom. The molecule has 3 N–H and O–H groups in total. The average molecular weight is 790 g/mol. The van der Waals surface area contributed by atoms with E-state index in [0.29, 0.717) is 31.4 Å². The Kier molecular flexibility index (Phi) is 20.2. The lowest BCUT2D eigenvalue weighted by molar-refractivity contribution is -0.127. The van der Waals surface area contributed by atoms with Crippen molar-refractivity contribution in [3.05, 3.63) is 70.3 Å². The molecule has 5 rings (SSSR count). The van der Waals surface area contributed by atoms with E-state index in [2.05, 4.69) is 46.9 Å². The van der Waals surface area contributed by atoms with E-state index >= 15 is 0 Å². The normalized spacial score (nSPS) is 21.1. The number of hydrogen-bond donors (Lipinski definition) is 3. The molecule has 2 amide bonds. The molecule has 0 spiro atoms. The number of methoxy groups -OCH3 is 1. The van der Waals surface area contributed by atoms with Gasteiger partial charge < -0.3 is 29.5 Å². The highest BCUT2D eigenvalue weighted by molar-refractivity contribution is 7.95. The highest BCUT2D eigenvalue weighted by Crippen LogP contribution is 2.43. The van der Waals surface area contributed by atoms with Crippen molar-refractivity contribution in [3.8, 4) is 5.75 Å². The third-order valence-electron chi connectivity index (χ3n) is 10.5. The van der Waals surface area contributed by atoms with Crippen LogP contribution in [0.2, 0.25) is 5.02 Å². The molecule has 0 radical (unpaired) electrons. The van der Waals surface area contributed by atoms with Gasteiger partial charge >= 0.3 is 0 Å². The first-order chi connectivity index (χ1) is 26.0. The van der Waals surface area contributed by atoms with Crippen molar-refractivity contribution < 1.29 is 29.3 Å².